The van der Waals surface area contributed by atoms with Gasteiger partial charge >= 0.3 is 0 Å². The van der Waals surface area contributed by atoms with E-state index in [0.717, 1.165) is 28.2 Å². The molecule has 0 radical (unpaired) electrons. The number of imidazole rings is 1. The first kappa shape index (κ1) is 11.8. The quantitative estimate of drug-likeness (QED) is 0.625. The van der Waals surface area contributed by atoms with Gasteiger partial charge in [0.05, 0.1) is 23.3 Å². The second kappa shape index (κ2) is 4.86. The zero-order valence-electron chi connectivity index (χ0n) is 11.3. The van der Waals surface area contributed by atoms with Crippen LogP contribution in [0.2, 0.25) is 0 Å². The number of benzene rings is 1. The average molecular weight is 275 g/mol. The summed E-state index contributed by atoms with van der Waals surface area (Å²) in [4.78, 5) is 12.5. The molecule has 0 aliphatic carbocycles. The van der Waals surface area contributed by atoms with Crippen molar-refractivity contribution < 1.29 is 0 Å². The summed E-state index contributed by atoms with van der Waals surface area (Å²) in [5.41, 5.74) is 3.77. The molecule has 1 N–H and O–H groups in total. The lowest BCUT2D eigenvalue weighted by molar-refractivity contribution is 0.673. The first-order valence-electron chi connectivity index (χ1n) is 6.77. The van der Waals surface area contributed by atoms with Crippen LogP contribution in [0.3, 0.4) is 0 Å². The molecule has 3 heterocycles. The minimum atomic E-state index is 0.654. The van der Waals surface area contributed by atoms with Crippen LogP contribution in [0.1, 0.15) is 5.69 Å². The topological polar surface area (TPSA) is 59.4 Å². The highest BCUT2D eigenvalue weighted by molar-refractivity contribution is 5.78. The van der Waals surface area contributed by atoms with E-state index in [1.54, 1.807) is 6.20 Å². The lowest BCUT2D eigenvalue weighted by Gasteiger charge is -2.03. The number of nitrogens with one attached hydrogen (secondary N) is 1. The maximum atomic E-state index is 4.66. The van der Waals surface area contributed by atoms with Crippen LogP contribution in [0.5, 0.6) is 0 Å². The van der Waals surface area contributed by atoms with Crippen LogP contribution in [-0.4, -0.2) is 24.7 Å². The van der Waals surface area contributed by atoms with E-state index < -0.39 is 0 Å². The highest BCUT2D eigenvalue weighted by Gasteiger charge is 2.07. The van der Waals surface area contributed by atoms with Gasteiger partial charge in [-0.1, -0.05) is 18.2 Å². The fourth-order valence-corrected chi connectivity index (χ4v) is 2.33. The summed E-state index contributed by atoms with van der Waals surface area (Å²) in [5.74, 6) is 0.790. The predicted octanol–water partition coefficient (Wildman–Crippen LogP) is 2.87. The molecule has 3 aromatic heterocycles. The van der Waals surface area contributed by atoms with E-state index >= 15 is 0 Å². The van der Waals surface area contributed by atoms with Gasteiger partial charge in [-0.25, -0.2) is 9.97 Å². The number of para-hydroxylation sites is 2. The number of nitrogens with zero attached hydrogens (tertiary/aromatic N) is 4. The number of hydrogen-bond acceptors (Lipinski definition) is 3. The van der Waals surface area contributed by atoms with Crippen LogP contribution in [0.15, 0.2) is 60.9 Å². The first-order chi connectivity index (χ1) is 10.4. The number of fused-ring (bicyclic) bond motifs is 1. The maximum Gasteiger partial charge on any atom is 0.157 e. The molecule has 0 atom stereocenters. The molecule has 4 aromatic rings. The predicted molar refractivity (Wildman–Crippen MR) is 80.7 cm³/mol. The van der Waals surface area contributed by atoms with Gasteiger partial charge in [-0.2, -0.15) is 5.10 Å². The van der Waals surface area contributed by atoms with Crippen LogP contribution >= 0.6 is 0 Å². The van der Waals surface area contributed by atoms with Crippen molar-refractivity contribution in [2.75, 3.05) is 0 Å². The molecule has 0 aliphatic heterocycles. The van der Waals surface area contributed by atoms with Gasteiger partial charge in [0.1, 0.15) is 5.69 Å². The maximum absolute atomic E-state index is 4.66. The fraction of sp³-hybridized carbons (Fsp3) is 0.0625. The standard InChI is InChI=1S/C16H13N5/c1-2-7-14-13(6-1)19-16(20-14)15-8-3-5-12(18-15)11-21-10-4-9-17-21/h1-10H,11H2,(H,19,20). The second-order valence-electron chi connectivity index (χ2n) is 4.82. The summed E-state index contributed by atoms with van der Waals surface area (Å²) in [6.45, 7) is 0.654. The van der Waals surface area contributed by atoms with Crippen molar-refractivity contribution in [3.63, 3.8) is 0 Å². The Kier molecular flexibility index (Phi) is 2.74. The molecular formula is C16H13N5. The van der Waals surface area contributed by atoms with E-state index in [9.17, 15) is 0 Å². The Labute approximate surface area is 121 Å². The largest absolute Gasteiger partial charge is 0.337 e. The van der Waals surface area contributed by atoms with E-state index in [-0.39, 0.29) is 0 Å². The molecule has 0 saturated heterocycles. The first-order valence-corrected chi connectivity index (χ1v) is 6.77. The molecule has 4 rings (SSSR count). The summed E-state index contributed by atoms with van der Waals surface area (Å²) in [6, 6.07) is 15.8. The van der Waals surface area contributed by atoms with Crippen molar-refractivity contribution >= 4 is 11.0 Å². The van der Waals surface area contributed by atoms with Crippen molar-refractivity contribution in [3.05, 3.63) is 66.6 Å². The highest BCUT2D eigenvalue weighted by Crippen LogP contribution is 2.18. The third-order valence-corrected chi connectivity index (χ3v) is 3.32. The lowest BCUT2D eigenvalue weighted by atomic mass is 10.3. The van der Waals surface area contributed by atoms with E-state index in [0.29, 0.717) is 6.54 Å². The Hall–Kier alpha value is -2.95. The number of pyridine rings is 1. The van der Waals surface area contributed by atoms with Crippen molar-refractivity contribution in [3.8, 4) is 11.5 Å². The molecule has 1 aromatic carbocycles. The fourth-order valence-electron chi connectivity index (χ4n) is 2.33. The number of aromatic amines is 1. The van der Waals surface area contributed by atoms with Gasteiger partial charge in [-0.15, -0.1) is 0 Å². The normalized spacial score (nSPS) is 11.0. The average Bonchev–Trinajstić information content (AvgIpc) is 3.16. The minimum Gasteiger partial charge on any atom is -0.337 e. The van der Waals surface area contributed by atoms with E-state index in [1.165, 1.54) is 0 Å². The second-order valence-corrected chi connectivity index (χ2v) is 4.82. The number of aromatic nitrogens is 5. The van der Waals surface area contributed by atoms with Gasteiger partial charge in [0, 0.05) is 12.4 Å². The SMILES string of the molecule is c1cc(Cn2cccn2)nc(-c2nc3ccccc3[nH]2)c1. The Morgan fingerprint density at radius 1 is 0.952 bits per heavy atom. The zero-order chi connectivity index (χ0) is 14.1. The van der Waals surface area contributed by atoms with Crippen molar-refractivity contribution in [2.24, 2.45) is 0 Å². The highest BCUT2D eigenvalue weighted by atomic mass is 15.3. The van der Waals surface area contributed by atoms with Crippen LogP contribution in [-0.2, 0) is 6.54 Å². The third kappa shape index (κ3) is 2.29. The van der Waals surface area contributed by atoms with Gasteiger partial charge in [-0.05, 0) is 30.3 Å². The van der Waals surface area contributed by atoms with Gasteiger partial charge in [0.25, 0.3) is 0 Å². The summed E-state index contributed by atoms with van der Waals surface area (Å²) < 4.78 is 1.85. The van der Waals surface area contributed by atoms with Gasteiger partial charge in [0.15, 0.2) is 5.82 Å². The molecule has 5 nitrogen and oxygen atoms in total. The van der Waals surface area contributed by atoms with Crippen molar-refractivity contribution in [2.45, 2.75) is 6.54 Å². The Bertz CT molecular complexity index is 843. The molecule has 0 saturated carbocycles. The van der Waals surface area contributed by atoms with Crippen molar-refractivity contribution in [1.29, 1.82) is 0 Å². The molecule has 21 heavy (non-hydrogen) atoms. The third-order valence-electron chi connectivity index (χ3n) is 3.32. The Morgan fingerprint density at radius 3 is 2.76 bits per heavy atom. The van der Waals surface area contributed by atoms with Crippen LogP contribution in [0.25, 0.3) is 22.6 Å². The van der Waals surface area contributed by atoms with E-state index in [1.807, 2.05) is 59.4 Å². The monoisotopic (exact) mass is 275 g/mol. The van der Waals surface area contributed by atoms with Crippen LogP contribution in [0, 0.1) is 0 Å². The molecule has 0 spiro atoms. The molecular weight excluding hydrogens is 262 g/mol. The Morgan fingerprint density at radius 2 is 1.90 bits per heavy atom. The van der Waals surface area contributed by atoms with E-state index in [4.69, 9.17) is 0 Å². The molecule has 0 amide bonds. The smallest absolute Gasteiger partial charge is 0.157 e. The van der Waals surface area contributed by atoms with Gasteiger partial charge in [0.2, 0.25) is 0 Å². The van der Waals surface area contributed by atoms with E-state index in [2.05, 4.69) is 20.1 Å². The molecule has 0 fully saturated rings. The lowest BCUT2D eigenvalue weighted by Crippen LogP contribution is -2.02. The molecule has 0 unspecified atom stereocenters. The minimum absolute atomic E-state index is 0.654. The zero-order valence-corrected chi connectivity index (χ0v) is 11.3. The number of hydrogen-bond donors (Lipinski definition) is 1. The molecule has 0 bridgehead atoms. The molecule has 5 heteroatoms. The summed E-state index contributed by atoms with van der Waals surface area (Å²) in [6.07, 6.45) is 3.69. The van der Waals surface area contributed by atoms with Gasteiger partial charge in [-0.3, -0.25) is 4.68 Å². The van der Waals surface area contributed by atoms with Crippen molar-refractivity contribution in [1.82, 2.24) is 24.7 Å². The summed E-state index contributed by atoms with van der Waals surface area (Å²) in [7, 11) is 0. The number of rotatable bonds is 3. The van der Waals surface area contributed by atoms with Crippen LogP contribution < -0.4 is 0 Å². The molecule has 0 aliphatic rings. The Balaban J connectivity index is 1.71. The molecule has 102 valence electrons. The van der Waals surface area contributed by atoms with Crippen LogP contribution in [0.4, 0.5) is 0 Å². The summed E-state index contributed by atoms with van der Waals surface area (Å²) in [5, 5.41) is 4.20. The van der Waals surface area contributed by atoms with Gasteiger partial charge < -0.3 is 4.98 Å². The summed E-state index contributed by atoms with van der Waals surface area (Å²) >= 11 is 0. The number of H-pyrrole nitrogens is 1.